The zero-order valence-electron chi connectivity index (χ0n) is 17.8. The largest absolute Gasteiger partial charge is 2.00 e. The molecule has 2 atom stereocenters. The minimum Gasteiger partial charge on any atom is -0.517 e. The summed E-state index contributed by atoms with van der Waals surface area (Å²) in [6.45, 7) is 12.9. The number of ether oxygens (including phenoxy) is 4. The Morgan fingerprint density at radius 3 is 2.70 bits per heavy atom. The summed E-state index contributed by atoms with van der Waals surface area (Å²) in [5.41, 5.74) is 0. The van der Waals surface area contributed by atoms with Crippen molar-refractivity contribution in [3.63, 3.8) is 0 Å². The SMILES string of the molecule is C=NC(C(=O)OCOC(=O)N1CCOC(COc2[c-]cccc2)C1)C(C)C.[CH2-]C.[U+2]. The smallest absolute Gasteiger partial charge is 0.517 e. The molecule has 1 amide bonds. The van der Waals surface area contributed by atoms with Gasteiger partial charge < -0.3 is 30.8 Å². The van der Waals surface area contributed by atoms with Crippen LogP contribution in [0.5, 0.6) is 5.75 Å². The molecule has 1 fully saturated rings. The molecule has 1 saturated heterocycles. The zero-order chi connectivity index (χ0) is 21.6. The van der Waals surface area contributed by atoms with Gasteiger partial charge in [-0.15, -0.1) is 12.1 Å². The van der Waals surface area contributed by atoms with Crippen molar-refractivity contribution in [2.75, 3.05) is 33.1 Å². The van der Waals surface area contributed by atoms with Crippen LogP contribution >= 0.6 is 0 Å². The number of amides is 1. The summed E-state index contributed by atoms with van der Waals surface area (Å²) >= 11 is 0. The Balaban J connectivity index is 0.00000272. The van der Waals surface area contributed by atoms with E-state index < -0.39 is 24.9 Å². The maximum absolute atomic E-state index is 12.1. The van der Waals surface area contributed by atoms with E-state index in [2.05, 4.69) is 24.7 Å². The van der Waals surface area contributed by atoms with Crippen molar-refractivity contribution in [1.29, 1.82) is 0 Å². The molecule has 0 N–H and O–H groups in total. The molecule has 1 aliphatic heterocycles. The third-order valence-corrected chi connectivity index (χ3v) is 3.96. The van der Waals surface area contributed by atoms with Crippen LogP contribution in [0.3, 0.4) is 0 Å². The van der Waals surface area contributed by atoms with Gasteiger partial charge in [0.25, 0.3) is 0 Å². The van der Waals surface area contributed by atoms with Crippen molar-refractivity contribution in [3.8, 4) is 5.75 Å². The molecular formula is C21H30N2O6U. The van der Waals surface area contributed by atoms with Crippen LogP contribution in [0.4, 0.5) is 4.79 Å². The standard InChI is InChI=1S/C19H25N2O6.C2H5.U/c1-14(2)17(20-3)18(22)26-13-27-19(23)21-9-10-24-16(11-21)12-25-15-7-5-4-6-8-15;1-2;/h4-7,14,16-17H,3,9-13H2,1-2H3;1H2,2H3;/q2*-1;+2. The fraction of sp³-hybridized carbons (Fsp3) is 0.524. The van der Waals surface area contributed by atoms with E-state index in [0.29, 0.717) is 32.1 Å². The van der Waals surface area contributed by atoms with E-state index in [0.717, 1.165) is 0 Å². The van der Waals surface area contributed by atoms with Gasteiger partial charge in [-0.1, -0.05) is 13.8 Å². The number of carbonyl (C=O) groups excluding carboxylic acids is 2. The fourth-order valence-corrected chi connectivity index (χ4v) is 2.51. The number of nitrogens with zero attached hydrogens (tertiary/aromatic N) is 2. The average molecular weight is 645 g/mol. The van der Waals surface area contributed by atoms with Gasteiger partial charge in [-0.25, -0.2) is 9.59 Å². The maximum atomic E-state index is 12.1. The summed E-state index contributed by atoms with van der Waals surface area (Å²) in [6, 6.07) is 9.54. The van der Waals surface area contributed by atoms with Crippen LogP contribution in [0.1, 0.15) is 20.8 Å². The molecule has 0 bridgehead atoms. The molecule has 0 aliphatic carbocycles. The molecule has 1 aromatic carbocycles. The molecule has 2 rings (SSSR count). The second kappa shape index (κ2) is 16.2. The van der Waals surface area contributed by atoms with Gasteiger partial charge >= 0.3 is 43.2 Å². The Bertz CT molecular complexity index is 629. The molecule has 1 aromatic rings. The summed E-state index contributed by atoms with van der Waals surface area (Å²) in [5, 5.41) is 0. The van der Waals surface area contributed by atoms with Crippen molar-refractivity contribution >= 4 is 18.8 Å². The molecular weight excluding hydrogens is 614 g/mol. The molecule has 2 unspecified atom stereocenters. The first-order valence-corrected chi connectivity index (χ1v) is 9.47. The van der Waals surface area contributed by atoms with Crippen LogP contribution in [-0.4, -0.2) is 68.9 Å². The van der Waals surface area contributed by atoms with E-state index in [1.165, 1.54) is 4.90 Å². The number of carbonyl (C=O) groups is 2. The molecule has 0 saturated carbocycles. The van der Waals surface area contributed by atoms with Crippen LogP contribution in [-0.2, 0) is 19.0 Å². The monoisotopic (exact) mass is 644 g/mol. The van der Waals surface area contributed by atoms with E-state index in [-0.39, 0.29) is 43.1 Å². The second-order valence-electron chi connectivity index (χ2n) is 6.34. The third-order valence-electron chi connectivity index (χ3n) is 3.96. The number of rotatable bonds is 8. The Labute approximate surface area is 202 Å². The minimum atomic E-state index is -0.677. The van der Waals surface area contributed by atoms with E-state index in [9.17, 15) is 9.59 Å². The Hall–Kier alpha value is -1.56. The summed E-state index contributed by atoms with van der Waals surface area (Å²) in [7, 11) is 0. The van der Waals surface area contributed by atoms with E-state index in [1.54, 1.807) is 19.1 Å². The van der Waals surface area contributed by atoms with Crippen molar-refractivity contribution in [3.05, 3.63) is 37.3 Å². The van der Waals surface area contributed by atoms with Gasteiger partial charge in [0.2, 0.25) is 6.79 Å². The molecule has 8 nitrogen and oxygen atoms in total. The normalized spacial score (nSPS) is 16.3. The molecule has 9 heteroatoms. The molecule has 0 spiro atoms. The second-order valence-corrected chi connectivity index (χ2v) is 6.34. The van der Waals surface area contributed by atoms with E-state index >= 15 is 0 Å². The van der Waals surface area contributed by atoms with Gasteiger partial charge in [0, 0.05) is 12.3 Å². The number of benzene rings is 1. The number of esters is 1. The van der Waals surface area contributed by atoms with E-state index in [1.807, 2.05) is 26.0 Å². The topological polar surface area (TPSA) is 86.7 Å². The number of para-hydroxylation sites is 1. The Morgan fingerprint density at radius 1 is 1.37 bits per heavy atom. The molecule has 1 heterocycles. The maximum Gasteiger partial charge on any atom is 2.00 e. The first kappa shape index (κ1) is 28.4. The average Bonchev–Trinajstić information content (AvgIpc) is 2.75. The summed E-state index contributed by atoms with van der Waals surface area (Å²) in [4.78, 5) is 29.2. The van der Waals surface area contributed by atoms with Gasteiger partial charge in [-0.2, -0.15) is 25.1 Å². The van der Waals surface area contributed by atoms with Crippen molar-refractivity contribution < 1.29 is 59.6 Å². The number of hydrogen-bond acceptors (Lipinski definition) is 7. The predicted molar refractivity (Wildman–Crippen MR) is 109 cm³/mol. The van der Waals surface area contributed by atoms with Crippen LogP contribution in [0, 0.1) is 50.0 Å². The van der Waals surface area contributed by atoms with Crippen molar-refractivity contribution in [1.82, 2.24) is 4.90 Å². The first-order chi connectivity index (χ1) is 14.0. The van der Waals surface area contributed by atoms with Gasteiger partial charge in [-0.05, 0) is 12.6 Å². The van der Waals surface area contributed by atoms with Gasteiger partial charge in [0.1, 0.15) is 18.8 Å². The third kappa shape index (κ3) is 9.97. The Morgan fingerprint density at radius 2 is 2.10 bits per heavy atom. The quantitative estimate of drug-likeness (QED) is 0.187. The van der Waals surface area contributed by atoms with Gasteiger partial charge in [-0.3, -0.25) is 4.99 Å². The van der Waals surface area contributed by atoms with Crippen LogP contribution < -0.4 is 4.74 Å². The predicted octanol–water partition coefficient (Wildman–Crippen LogP) is 2.77. The number of morpholine rings is 1. The molecule has 1 aliphatic rings. The molecule has 164 valence electrons. The molecule has 0 radical (unpaired) electrons. The fourth-order valence-electron chi connectivity index (χ4n) is 2.51. The summed E-state index contributed by atoms with van der Waals surface area (Å²) < 4.78 is 21.2. The summed E-state index contributed by atoms with van der Waals surface area (Å²) in [6.07, 6.45) is -0.854. The van der Waals surface area contributed by atoms with Crippen LogP contribution in [0.15, 0.2) is 29.3 Å². The Kier molecular flexibility index (Phi) is 15.3. The molecule has 30 heavy (non-hydrogen) atoms. The summed E-state index contributed by atoms with van der Waals surface area (Å²) in [5.74, 6) is -0.00373. The van der Waals surface area contributed by atoms with Crippen molar-refractivity contribution in [2.24, 2.45) is 10.9 Å². The number of hydrogen-bond donors (Lipinski definition) is 0. The first-order valence-electron chi connectivity index (χ1n) is 9.47. The minimum absolute atomic E-state index is 0. The molecule has 0 aromatic heterocycles. The zero-order valence-corrected chi connectivity index (χ0v) is 22.0. The van der Waals surface area contributed by atoms with Crippen LogP contribution in [0.25, 0.3) is 0 Å². The number of aliphatic imine (C=N–C) groups is 1. The van der Waals surface area contributed by atoms with Gasteiger partial charge in [0.15, 0.2) is 0 Å². The van der Waals surface area contributed by atoms with Crippen molar-refractivity contribution in [2.45, 2.75) is 32.9 Å². The van der Waals surface area contributed by atoms with E-state index in [4.69, 9.17) is 18.9 Å². The van der Waals surface area contributed by atoms with Crippen LogP contribution in [0.2, 0.25) is 0 Å². The van der Waals surface area contributed by atoms with Gasteiger partial charge in [0.05, 0.1) is 13.2 Å².